The van der Waals surface area contributed by atoms with Crippen LogP contribution in [-0.2, 0) is 6.54 Å². The number of nitrogens with zero attached hydrogens (tertiary/aromatic N) is 3. The van der Waals surface area contributed by atoms with Gasteiger partial charge in [-0.05, 0) is 29.3 Å². The summed E-state index contributed by atoms with van der Waals surface area (Å²) in [5, 5.41) is 12.4. The van der Waals surface area contributed by atoms with E-state index in [0.717, 1.165) is 16.8 Å². The summed E-state index contributed by atoms with van der Waals surface area (Å²) in [5.41, 5.74) is 2.25. The van der Waals surface area contributed by atoms with Crippen molar-refractivity contribution in [2.45, 2.75) is 19.5 Å². The molecule has 0 radical (unpaired) electrons. The molecule has 1 unspecified atom stereocenters. The molecule has 0 aliphatic carbocycles. The van der Waals surface area contributed by atoms with Crippen molar-refractivity contribution in [2.24, 2.45) is 4.99 Å². The van der Waals surface area contributed by atoms with E-state index in [-0.39, 0.29) is 30.0 Å². The molecule has 0 saturated heterocycles. The molecule has 0 aliphatic rings. The van der Waals surface area contributed by atoms with E-state index in [9.17, 15) is 0 Å². The number of rotatable bonds is 5. The largest absolute Gasteiger partial charge is 0.354 e. The molecule has 7 heteroatoms. The molecule has 1 atom stereocenters. The van der Waals surface area contributed by atoms with Gasteiger partial charge in [0.15, 0.2) is 11.1 Å². The zero-order valence-electron chi connectivity index (χ0n) is 16.1. The number of aromatic nitrogens is 1. The lowest BCUT2D eigenvalue weighted by Crippen LogP contribution is -2.38. The number of benzene rings is 2. The number of anilines is 1. The number of hydrogen-bond acceptors (Lipinski definition) is 4. The summed E-state index contributed by atoms with van der Waals surface area (Å²) in [5.74, 6) is 0.769. The number of thiazole rings is 1. The average Bonchev–Trinajstić information content (AvgIpc) is 3.14. The lowest BCUT2D eigenvalue weighted by atomic mass is 10.0. The summed E-state index contributed by atoms with van der Waals surface area (Å²) in [6.45, 7) is 2.79. The van der Waals surface area contributed by atoms with Crippen LogP contribution in [0.25, 0.3) is 10.8 Å². The van der Waals surface area contributed by atoms with Gasteiger partial charge in [0.25, 0.3) is 0 Å². The van der Waals surface area contributed by atoms with E-state index in [4.69, 9.17) is 0 Å². The van der Waals surface area contributed by atoms with Crippen LogP contribution in [0.5, 0.6) is 0 Å². The number of hydrogen-bond donors (Lipinski definition) is 2. The van der Waals surface area contributed by atoms with Crippen LogP contribution in [0.15, 0.2) is 52.8 Å². The molecule has 0 bridgehead atoms. The first-order valence-corrected chi connectivity index (χ1v) is 9.52. The van der Waals surface area contributed by atoms with Gasteiger partial charge < -0.3 is 15.5 Å². The van der Waals surface area contributed by atoms with E-state index in [1.165, 1.54) is 16.3 Å². The Morgan fingerprint density at radius 3 is 2.59 bits per heavy atom. The highest BCUT2D eigenvalue weighted by atomic mass is 127. The van der Waals surface area contributed by atoms with Crippen molar-refractivity contribution in [3.63, 3.8) is 0 Å². The molecular weight excluding hydrogens is 469 g/mol. The van der Waals surface area contributed by atoms with Gasteiger partial charge >= 0.3 is 0 Å². The molecule has 2 aromatic carbocycles. The van der Waals surface area contributed by atoms with Crippen LogP contribution in [0.3, 0.4) is 0 Å². The molecule has 2 N–H and O–H groups in total. The second-order valence-corrected chi connectivity index (χ2v) is 7.25. The Labute approximate surface area is 181 Å². The molecule has 0 aliphatic heterocycles. The second-order valence-electron chi connectivity index (χ2n) is 6.41. The average molecular weight is 495 g/mol. The third-order valence-electron chi connectivity index (χ3n) is 4.21. The summed E-state index contributed by atoms with van der Waals surface area (Å²) in [6, 6.07) is 15.1. The van der Waals surface area contributed by atoms with Crippen LogP contribution in [0.2, 0.25) is 0 Å². The van der Waals surface area contributed by atoms with Gasteiger partial charge in [0, 0.05) is 26.5 Å². The minimum atomic E-state index is 0. The van der Waals surface area contributed by atoms with Gasteiger partial charge in [0.05, 0.1) is 18.3 Å². The topological polar surface area (TPSA) is 52.6 Å². The highest BCUT2D eigenvalue weighted by Crippen LogP contribution is 2.20. The van der Waals surface area contributed by atoms with Crippen LogP contribution in [0, 0.1) is 0 Å². The Kier molecular flexibility index (Phi) is 7.85. The zero-order valence-corrected chi connectivity index (χ0v) is 19.2. The van der Waals surface area contributed by atoms with Crippen molar-refractivity contribution in [2.75, 3.05) is 26.0 Å². The van der Waals surface area contributed by atoms with Crippen LogP contribution in [0.4, 0.5) is 5.13 Å². The molecule has 0 amide bonds. The van der Waals surface area contributed by atoms with Crippen LogP contribution in [-0.4, -0.2) is 32.1 Å². The molecule has 27 heavy (non-hydrogen) atoms. The highest BCUT2D eigenvalue weighted by molar-refractivity contribution is 14.0. The predicted molar refractivity (Wildman–Crippen MR) is 128 cm³/mol. The van der Waals surface area contributed by atoms with Crippen molar-refractivity contribution in [1.29, 1.82) is 0 Å². The van der Waals surface area contributed by atoms with Crippen LogP contribution in [0.1, 0.15) is 24.2 Å². The van der Waals surface area contributed by atoms with Gasteiger partial charge in [0.1, 0.15) is 0 Å². The lowest BCUT2D eigenvalue weighted by Gasteiger charge is -2.18. The Balaban J connectivity index is 0.00000261. The van der Waals surface area contributed by atoms with Gasteiger partial charge in [0.2, 0.25) is 0 Å². The van der Waals surface area contributed by atoms with E-state index in [2.05, 4.69) is 75.4 Å². The number of guanidine groups is 1. The van der Waals surface area contributed by atoms with Crippen molar-refractivity contribution in [1.82, 2.24) is 15.6 Å². The maximum Gasteiger partial charge on any atom is 0.191 e. The fourth-order valence-electron chi connectivity index (χ4n) is 2.72. The van der Waals surface area contributed by atoms with Crippen LogP contribution >= 0.6 is 35.3 Å². The molecule has 1 aromatic heterocycles. The maximum absolute atomic E-state index is 4.59. The van der Waals surface area contributed by atoms with E-state index in [1.807, 2.05) is 19.0 Å². The molecular formula is C20H26IN5S. The summed E-state index contributed by atoms with van der Waals surface area (Å²) in [6.07, 6.45) is 0. The van der Waals surface area contributed by atoms with Gasteiger partial charge in [-0.1, -0.05) is 36.4 Å². The van der Waals surface area contributed by atoms with Gasteiger partial charge in [-0.25, -0.2) is 4.98 Å². The Morgan fingerprint density at radius 1 is 1.19 bits per heavy atom. The number of fused-ring (bicyclic) bond motifs is 1. The summed E-state index contributed by atoms with van der Waals surface area (Å²) in [4.78, 5) is 10.9. The molecule has 144 valence electrons. The first-order chi connectivity index (χ1) is 12.6. The van der Waals surface area contributed by atoms with Gasteiger partial charge in [-0.15, -0.1) is 35.3 Å². The van der Waals surface area contributed by atoms with E-state index in [0.29, 0.717) is 6.54 Å². The minimum Gasteiger partial charge on any atom is -0.354 e. The van der Waals surface area contributed by atoms with Crippen molar-refractivity contribution >= 4 is 57.2 Å². The summed E-state index contributed by atoms with van der Waals surface area (Å²) in [7, 11) is 5.79. The smallest absolute Gasteiger partial charge is 0.191 e. The fraction of sp³-hybridized carbons (Fsp3) is 0.300. The fourth-order valence-corrected chi connectivity index (χ4v) is 3.48. The Hall–Kier alpha value is -1.87. The molecule has 3 rings (SSSR count). The Bertz CT molecular complexity index is 906. The normalized spacial score (nSPS) is 12.4. The third kappa shape index (κ3) is 5.55. The molecule has 3 aromatic rings. The van der Waals surface area contributed by atoms with E-state index >= 15 is 0 Å². The van der Waals surface area contributed by atoms with Crippen LogP contribution < -0.4 is 15.5 Å². The number of halogens is 1. The van der Waals surface area contributed by atoms with Crippen molar-refractivity contribution < 1.29 is 0 Å². The third-order valence-corrected chi connectivity index (χ3v) is 5.27. The highest BCUT2D eigenvalue weighted by Gasteiger charge is 2.09. The molecule has 0 saturated carbocycles. The summed E-state index contributed by atoms with van der Waals surface area (Å²) >= 11 is 1.64. The predicted octanol–water partition coefficient (Wildman–Crippen LogP) is 4.41. The SMILES string of the molecule is CN=C(NCc1csc(N(C)C)n1)NC(C)c1ccc2ccccc2c1.I. The van der Waals surface area contributed by atoms with Crippen molar-refractivity contribution in [3.8, 4) is 0 Å². The monoisotopic (exact) mass is 495 g/mol. The standard InChI is InChI=1S/C20H25N5S.HI/c1-14(16-10-9-15-7-5-6-8-17(15)11-16)23-19(21-2)22-12-18-13-26-20(24-18)25(3)4;/h5-11,13-14H,12H2,1-4H3,(H2,21,22,23);1H. The quantitative estimate of drug-likeness (QED) is 0.313. The van der Waals surface area contributed by atoms with E-state index < -0.39 is 0 Å². The minimum absolute atomic E-state index is 0. The van der Waals surface area contributed by atoms with E-state index in [1.54, 1.807) is 18.4 Å². The number of aliphatic imine (C=N–C) groups is 1. The first kappa shape index (κ1) is 21.4. The first-order valence-electron chi connectivity index (χ1n) is 8.64. The maximum atomic E-state index is 4.59. The zero-order chi connectivity index (χ0) is 18.5. The second kappa shape index (κ2) is 9.89. The molecule has 0 spiro atoms. The van der Waals surface area contributed by atoms with Crippen molar-refractivity contribution in [3.05, 3.63) is 59.1 Å². The molecule has 0 fully saturated rings. The van der Waals surface area contributed by atoms with Gasteiger partial charge in [-0.2, -0.15) is 0 Å². The van der Waals surface area contributed by atoms with Gasteiger partial charge in [-0.3, -0.25) is 4.99 Å². The lowest BCUT2D eigenvalue weighted by molar-refractivity contribution is 0.684. The summed E-state index contributed by atoms with van der Waals surface area (Å²) < 4.78 is 0. The molecule has 5 nitrogen and oxygen atoms in total. The Morgan fingerprint density at radius 2 is 1.93 bits per heavy atom. The number of nitrogens with one attached hydrogen (secondary N) is 2. The molecule has 1 heterocycles.